The Morgan fingerprint density at radius 2 is 2.08 bits per heavy atom. The van der Waals surface area contributed by atoms with E-state index in [0.717, 1.165) is 54.2 Å². The molecule has 0 atom stereocenters. The monoisotopic (exact) mass is 366 g/mol. The summed E-state index contributed by atoms with van der Waals surface area (Å²) in [4.78, 5) is 8.52. The van der Waals surface area contributed by atoms with Crippen LogP contribution in [0.4, 0.5) is 0 Å². The van der Waals surface area contributed by atoms with Crippen LogP contribution in [0, 0.1) is 13.8 Å². The second-order valence-corrected chi connectivity index (χ2v) is 7.67. The molecule has 2 rings (SSSR count). The van der Waals surface area contributed by atoms with E-state index >= 15 is 0 Å². The molecule has 2 aromatic rings. The van der Waals surface area contributed by atoms with Crippen molar-refractivity contribution in [2.45, 2.75) is 37.6 Å². The van der Waals surface area contributed by atoms with E-state index in [1.165, 1.54) is 5.69 Å². The topological polar surface area (TPSA) is 67.1 Å². The highest BCUT2D eigenvalue weighted by Gasteiger charge is 2.01. The van der Waals surface area contributed by atoms with Crippen molar-refractivity contribution in [1.82, 2.24) is 25.4 Å². The lowest BCUT2D eigenvalue weighted by atomic mass is 10.4. The van der Waals surface area contributed by atoms with Crippen LogP contribution in [-0.2, 0) is 6.54 Å². The summed E-state index contributed by atoms with van der Waals surface area (Å²) in [5, 5.41) is 13.2. The summed E-state index contributed by atoms with van der Waals surface area (Å²) in [6.45, 7) is 6.84. The molecule has 0 saturated carbocycles. The molecule has 6 nitrogen and oxygen atoms in total. The second-order valence-electron chi connectivity index (χ2n) is 5.43. The molecule has 0 saturated heterocycles. The molecule has 2 heterocycles. The van der Waals surface area contributed by atoms with Crippen LogP contribution in [0.15, 0.2) is 27.0 Å². The van der Waals surface area contributed by atoms with Crippen molar-refractivity contribution >= 4 is 29.1 Å². The van der Waals surface area contributed by atoms with Crippen molar-refractivity contribution in [1.29, 1.82) is 0 Å². The van der Waals surface area contributed by atoms with Crippen LogP contribution in [0.25, 0.3) is 0 Å². The summed E-state index contributed by atoms with van der Waals surface area (Å²) in [5.41, 5.74) is 2.29. The Morgan fingerprint density at radius 3 is 2.71 bits per heavy atom. The molecular weight excluding hydrogens is 340 g/mol. The standard InChI is InChI=1S/C16H26N6S2/c1-13-12-14(2)22(21-13)9-4-6-18-15(17-3)19-7-5-10-23-16-20-8-11-24-16/h8,11-12H,4-7,9-10H2,1-3H3,(H2,17,18,19). The van der Waals surface area contributed by atoms with Crippen LogP contribution >= 0.6 is 23.1 Å². The van der Waals surface area contributed by atoms with Crippen molar-refractivity contribution in [2.24, 2.45) is 4.99 Å². The van der Waals surface area contributed by atoms with Gasteiger partial charge in [0.15, 0.2) is 5.96 Å². The molecule has 0 spiro atoms. The first-order valence-corrected chi connectivity index (χ1v) is 10.0. The smallest absolute Gasteiger partial charge is 0.190 e. The van der Waals surface area contributed by atoms with Crippen molar-refractivity contribution in [2.75, 3.05) is 25.9 Å². The van der Waals surface area contributed by atoms with Gasteiger partial charge in [-0.05, 0) is 32.8 Å². The minimum atomic E-state index is 0.864. The van der Waals surface area contributed by atoms with Crippen molar-refractivity contribution in [3.63, 3.8) is 0 Å². The van der Waals surface area contributed by atoms with E-state index in [4.69, 9.17) is 0 Å². The van der Waals surface area contributed by atoms with Gasteiger partial charge in [-0.2, -0.15) is 5.10 Å². The average molecular weight is 367 g/mol. The largest absolute Gasteiger partial charge is 0.356 e. The third-order valence-corrected chi connectivity index (χ3v) is 5.47. The number of aromatic nitrogens is 3. The Balaban J connectivity index is 1.54. The molecule has 132 valence electrons. The van der Waals surface area contributed by atoms with Gasteiger partial charge in [-0.1, -0.05) is 11.8 Å². The number of aryl methyl sites for hydroxylation is 3. The zero-order valence-corrected chi connectivity index (χ0v) is 16.2. The Morgan fingerprint density at radius 1 is 1.29 bits per heavy atom. The highest BCUT2D eigenvalue weighted by molar-refractivity contribution is 8.00. The van der Waals surface area contributed by atoms with Crippen LogP contribution < -0.4 is 10.6 Å². The molecule has 24 heavy (non-hydrogen) atoms. The van der Waals surface area contributed by atoms with Gasteiger partial charge in [0.1, 0.15) is 4.34 Å². The number of nitrogens with one attached hydrogen (secondary N) is 2. The molecule has 0 amide bonds. The maximum absolute atomic E-state index is 4.47. The van der Waals surface area contributed by atoms with E-state index in [-0.39, 0.29) is 0 Å². The number of hydrogen-bond acceptors (Lipinski definition) is 5. The molecule has 0 unspecified atom stereocenters. The highest BCUT2D eigenvalue weighted by Crippen LogP contribution is 2.20. The fraction of sp³-hybridized carbons (Fsp3) is 0.562. The van der Waals surface area contributed by atoms with Crippen LogP contribution in [-0.4, -0.2) is 46.6 Å². The Labute approximate surface area is 152 Å². The van der Waals surface area contributed by atoms with E-state index in [1.807, 2.05) is 18.5 Å². The van der Waals surface area contributed by atoms with E-state index < -0.39 is 0 Å². The zero-order chi connectivity index (χ0) is 17.2. The number of thioether (sulfide) groups is 1. The SMILES string of the molecule is CN=C(NCCCSc1nccs1)NCCCn1nc(C)cc1C. The molecular formula is C16H26N6S2. The zero-order valence-electron chi connectivity index (χ0n) is 14.6. The fourth-order valence-electron chi connectivity index (χ4n) is 2.28. The molecule has 0 aliphatic rings. The maximum atomic E-state index is 4.47. The third-order valence-electron chi connectivity index (χ3n) is 3.41. The third kappa shape index (κ3) is 6.52. The van der Waals surface area contributed by atoms with Crippen molar-refractivity contribution in [3.05, 3.63) is 29.0 Å². The molecule has 0 aromatic carbocycles. The van der Waals surface area contributed by atoms with E-state index in [1.54, 1.807) is 30.1 Å². The second kappa shape index (κ2) is 10.4. The van der Waals surface area contributed by atoms with Crippen LogP contribution in [0.2, 0.25) is 0 Å². The van der Waals surface area contributed by atoms with Gasteiger partial charge in [-0.25, -0.2) is 4.98 Å². The van der Waals surface area contributed by atoms with Crippen LogP contribution in [0.5, 0.6) is 0 Å². The lowest BCUT2D eigenvalue weighted by molar-refractivity contribution is 0.555. The van der Waals surface area contributed by atoms with Gasteiger partial charge < -0.3 is 10.6 Å². The van der Waals surface area contributed by atoms with Gasteiger partial charge in [-0.3, -0.25) is 9.67 Å². The quantitative estimate of drug-likeness (QED) is 0.309. The number of aliphatic imine (C=N–C) groups is 1. The molecule has 0 aliphatic heterocycles. The first kappa shape index (κ1) is 18.8. The Bertz CT molecular complexity index is 621. The summed E-state index contributed by atoms with van der Waals surface area (Å²) >= 11 is 3.50. The lowest BCUT2D eigenvalue weighted by Gasteiger charge is -2.12. The molecule has 0 aliphatic carbocycles. The maximum Gasteiger partial charge on any atom is 0.190 e. The molecule has 0 bridgehead atoms. The van der Waals surface area contributed by atoms with Crippen molar-refractivity contribution < 1.29 is 0 Å². The molecule has 8 heteroatoms. The number of rotatable bonds is 9. The van der Waals surface area contributed by atoms with Crippen LogP contribution in [0.3, 0.4) is 0 Å². The van der Waals surface area contributed by atoms with E-state index in [2.05, 4.69) is 43.4 Å². The van der Waals surface area contributed by atoms with Gasteiger partial charge in [0, 0.05) is 49.7 Å². The van der Waals surface area contributed by atoms with Gasteiger partial charge in [0.05, 0.1) is 5.69 Å². The normalized spacial score (nSPS) is 11.7. The van der Waals surface area contributed by atoms with Gasteiger partial charge in [0.2, 0.25) is 0 Å². The number of thiazole rings is 1. The van der Waals surface area contributed by atoms with Gasteiger partial charge in [0.25, 0.3) is 0 Å². The number of guanidine groups is 1. The summed E-state index contributed by atoms with van der Waals surface area (Å²) in [5.74, 6) is 1.93. The van der Waals surface area contributed by atoms with Crippen LogP contribution in [0.1, 0.15) is 24.2 Å². The van der Waals surface area contributed by atoms with Gasteiger partial charge in [-0.15, -0.1) is 11.3 Å². The first-order chi connectivity index (χ1) is 11.7. The fourth-order valence-corrected chi connectivity index (χ4v) is 3.92. The molecule has 2 N–H and O–H groups in total. The summed E-state index contributed by atoms with van der Waals surface area (Å²) in [6, 6.07) is 2.11. The Kier molecular flexibility index (Phi) is 8.11. The molecule has 0 radical (unpaired) electrons. The van der Waals surface area contributed by atoms with Gasteiger partial charge >= 0.3 is 0 Å². The highest BCUT2D eigenvalue weighted by atomic mass is 32.2. The predicted molar refractivity (Wildman–Crippen MR) is 103 cm³/mol. The number of hydrogen-bond donors (Lipinski definition) is 2. The van der Waals surface area contributed by atoms with Crippen molar-refractivity contribution in [3.8, 4) is 0 Å². The predicted octanol–water partition coefficient (Wildman–Crippen LogP) is 2.69. The minimum absolute atomic E-state index is 0.864. The summed E-state index contributed by atoms with van der Waals surface area (Å²) in [6.07, 6.45) is 3.95. The molecule has 2 aromatic heterocycles. The van der Waals surface area contributed by atoms with E-state index in [9.17, 15) is 0 Å². The minimum Gasteiger partial charge on any atom is -0.356 e. The van der Waals surface area contributed by atoms with E-state index in [0.29, 0.717) is 0 Å². The molecule has 0 fully saturated rings. The first-order valence-electron chi connectivity index (χ1n) is 8.17. The Hall–Kier alpha value is -1.54. The summed E-state index contributed by atoms with van der Waals surface area (Å²) in [7, 11) is 1.81. The lowest BCUT2D eigenvalue weighted by Crippen LogP contribution is -2.38. The number of nitrogens with zero attached hydrogens (tertiary/aromatic N) is 4. The average Bonchev–Trinajstić information content (AvgIpc) is 3.18. The summed E-state index contributed by atoms with van der Waals surface area (Å²) < 4.78 is 3.20.